The van der Waals surface area contributed by atoms with Gasteiger partial charge in [0.05, 0.1) is 0 Å². The first-order chi connectivity index (χ1) is 7.29. The van der Waals surface area contributed by atoms with Crippen LogP contribution in [0.4, 0.5) is 0 Å². The zero-order valence-corrected chi connectivity index (χ0v) is 8.95. The largest absolute Gasteiger partial charge is 0.550 e. The lowest BCUT2D eigenvalue weighted by Crippen LogP contribution is -2.21. The number of benzene rings is 1. The van der Waals surface area contributed by atoms with Crippen LogP contribution in [0.5, 0.6) is 0 Å². The molecule has 0 saturated heterocycles. The molecule has 2 heteroatoms. The highest BCUT2D eigenvalue weighted by Crippen LogP contribution is 2.08. The van der Waals surface area contributed by atoms with E-state index in [0.29, 0.717) is 0 Å². The van der Waals surface area contributed by atoms with E-state index < -0.39 is 5.97 Å². The van der Waals surface area contributed by atoms with Crippen molar-refractivity contribution in [2.75, 3.05) is 0 Å². The molecule has 0 N–H and O–H groups in total. The monoisotopic (exact) mass is 205 g/mol. The Morgan fingerprint density at radius 2 is 1.67 bits per heavy atom. The first-order valence-corrected chi connectivity index (χ1v) is 5.53. The van der Waals surface area contributed by atoms with Crippen LogP contribution < -0.4 is 5.11 Å². The van der Waals surface area contributed by atoms with Crippen molar-refractivity contribution >= 4 is 5.97 Å². The predicted molar refractivity (Wildman–Crippen MR) is 58.2 cm³/mol. The van der Waals surface area contributed by atoms with Gasteiger partial charge in [-0.05, 0) is 31.2 Å². The molecule has 0 aliphatic heterocycles. The summed E-state index contributed by atoms with van der Waals surface area (Å²) in [7, 11) is 0. The minimum absolute atomic E-state index is 0.200. The Morgan fingerprint density at radius 3 is 2.33 bits per heavy atom. The van der Waals surface area contributed by atoms with Crippen LogP contribution in [-0.2, 0) is 11.2 Å². The molecule has 0 spiro atoms. The summed E-state index contributed by atoms with van der Waals surface area (Å²) in [6.45, 7) is 0. The summed E-state index contributed by atoms with van der Waals surface area (Å²) in [5.41, 5.74) is 1.36. The van der Waals surface area contributed by atoms with Crippen LogP contribution in [0.1, 0.15) is 37.7 Å². The molecule has 0 fully saturated rings. The van der Waals surface area contributed by atoms with E-state index in [-0.39, 0.29) is 6.42 Å². The molecule has 1 aromatic rings. The van der Waals surface area contributed by atoms with Gasteiger partial charge in [0, 0.05) is 5.97 Å². The van der Waals surface area contributed by atoms with Gasteiger partial charge >= 0.3 is 0 Å². The SMILES string of the molecule is O=C([O-])CCCCCCc1ccccc1. The van der Waals surface area contributed by atoms with Gasteiger partial charge in [0.2, 0.25) is 0 Å². The van der Waals surface area contributed by atoms with Crippen molar-refractivity contribution in [1.82, 2.24) is 0 Å². The van der Waals surface area contributed by atoms with Crippen molar-refractivity contribution in [2.24, 2.45) is 0 Å². The third-order valence-corrected chi connectivity index (χ3v) is 2.44. The molecular formula is C13H17O2-. The van der Waals surface area contributed by atoms with Crippen molar-refractivity contribution in [2.45, 2.75) is 38.5 Å². The Bertz CT molecular complexity index is 280. The highest BCUT2D eigenvalue weighted by molar-refractivity contribution is 5.63. The molecule has 0 aliphatic carbocycles. The van der Waals surface area contributed by atoms with E-state index in [1.165, 1.54) is 5.56 Å². The number of rotatable bonds is 7. The predicted octanol–water partition coefficient (Wildman–Crippen LogP) is 1.93. The first kappa shape index (κ1) is 11.8. The third kappa shape index (κ3) is 5.89. The molecule has 1 rings (SSSR count). The van der Waals surface area contributed by atoms with E-state index in [1.54, 1.807) is 0 Å². The van der Waals surface area contributed by atoms with E-state index in [1.807, 2.05) is 18.2 Å². The molecular weight excluding hydrogens is 188 g/mol. The molecule has 82 valence electrons. The zero-order chi connectivity index (χ0) is 10.9. The van der Waals surface area contributed by atoms with Crippen LogP contribution >= 0.6 is 0 Å². The summed E-state index contributed by atoms with van der Waals surface area (Å²) in [5, 5.41) is 10.1. The van der Waals surface area contributed by atoms with Gasteiger partial charge in [-0.3, -0.25) is 0 Å². The highest BCUT2D eigenvalue weighted by atomic mass is 16.4. The van der Waals surface area contributed by atoms with Gasteiger partial charge in [-0.15, -0.1) is 0 Å². The van der Waals surface area contributed by atoms with Crippen LogP contribution in [0.3, 0.4) is 0 Å². The lowest BCUT2D eigenvalue weighted by Gasteiger charge is -2.02. The summed E-state index contributed by atoms with van der Waals surface area (Å²) < 4.78 is 0. The van der Waals surface area contributed by atoms with Crippen LogP contribution in [0, 0.1) is 0 Å². The van der Waals surface area contributed by atoms with E-state index in [0.717, 1.165) is 32.1 Å². The number of hydrogen-bond donors (Lipinski definition) is 0. The fraction of sp³-hybridized carbons (Fsp3) is 0.462. The van der Waals surface area contributed by atoms with Crippen molar-refractivity contribution in [1.29, 1.82) is 0 Å². The minimum atomic E-state index is -0.932. The Hall–Kier alpha value is -1.31. The number of carboxylic acid groups (broad SMARTS) is 1. The number of hydrogen-bond acceptors (Lipinski definition) is 2. The number of carbonyl (C=O) groups excluding carboxylic acids is 1. The molecule has 0 aliphatic rings. The topological polar surface area (TPSA) is 40.1 Å². The number of carboxylic acids is 1. The van der Waals surface area contributed by atoms with Crippen LogP contribution in [0.25, 0.3) is 0 Å². The maximum Gasteiger partial charge on any atom is 0.0414 e. The van der Waals surface area contributed by atoms with Crippen LogP contribution in [0.15, 0.2) is 30.3 Å². The zero-order valence-electron chi connectivity index (χ0n) is 8.95. The number of aryl methyl sites for hydroxylation is 1. The van der Waals surface area contributed by atoms with Crippen LogP contribution in [-0.4, -0.2) is 5.97 Å². The number of unbranched alkanes of at least 4 members (excludes halogenated alkanes) is 3. The van der Waals surface area contributed by atoms with E-state index in [9.17, 15) is 9.90 Å². The summed E-state index contributed by atoms with van der Waals surface area (Å²) in [5.74, 6) is -0.932. The summed E-state index contributed by atoms with van der Waals surface area (Å²) in [4.78, 5) is 10.1. The Labute approximate surface area is 90.9 Å². The molecule has 0 heterocycles. The van der Waals surface area contributed by atoms with Gasteiger partial charge in [-0.1, -0.05) is 43.2 Å². The Kier molecular flexibility index (Phi) is 5.52. The number of aliphatic carboxylic acids is 1. The lowest BCUT2D eigenvalue weighted by atomic mass is 10.1. The van der Waals surface area contributed by atoms with Gasteiger partial charge in [0.25, 0.3) is 0 Å². The van der Waals surface area contributed by atoms with Gasteiger partial charge < -0.3 is 9.90 Å². The molecule has 0 atom stereocenters. The van der Waals surface area contributed by atoms with Gasteiger partial charge in [0.15, 0.2) is 0 Å². The minimum Gasteiger partial charge on any atom is -0.550 e. The fourth-order valence-corrected chi connectivity index (χ4v) is 1.60. The number of carbonyl (C=O) groups is 1. The van der Waals surface area contributed by atoms with Gasteiger partial charge in [0.1, 0.15) is 0 Å². The molecule has 1 aromatic carbocycles. The molecule has 0 radical (unpaired) electrons. The quantitative estimate of drug-likeness (QED) is 0.638. The normalized spacial score (nSPS) is 10.1. The molecule has 15 heavy (non-hydrogen) atoms. The smallest absolute Gasteiger partial charge is 0.0414 e. The highest BCUT2D eigenvalue weighted by Gasteiger charge is 1.93. The average molecular weight is 205 g/mol. The van der Waals surface area contributed by atoms with Gasteiger partial charge in [-0.2, -0.15) is 0 Å². The van der Waals surface area contributed by atoms with Crippen LogP contribution in [0.2, 0.25) is 0 Å². The Balaban J connectivity index is 2.00. The molecule has 0 saturated carbocycles. The van der Waals surface area contributed by atoms with Gasteiger partial charge in [-0.25, -0.2) is 0 Å². The van der Waals surface area contributed by atoms with E-state index in [2.05, 4.69) is 12.1 Å². The van der Waals surface area contributed by atoms with Crippen molar-refractivity contribution in [3.05, 3.63) is 35.9 Å². The fourth-order valence-electron chi connectivity index (χ4n) is 1.60. The second-order valence-corrected chi connectivity index (χ2v) is 3.77. The molecule has 0 amide bonds. The summed E-state index contributed by atoms with van der Waals surface area (Å²) >= 11 is 0. The standard InChI is InChI=1S/C13H18O2/c14-13(15)11-7-2-1-4-8-12-9-5-3-6-10-12/h3,5-6,9-10H,1-2,4,7-8,11H2,(H,14,15)/p-1. The second kappa shape index (κ2) is 7.04. The van der Waals surface area contributed by atoms with E-state index in [4.69, 9.17) is 0 Å². The molecule has 2 nitrogen and oxygen atoms in total. The first-order valence-electron chi connectivity index (χ1n) is 5.53. The average Bonchev–Trinajstić information content (AvgIpc) is 2.24. The third-order valence-electron chi connectivity index (χ3n) is 2.44. The maximum absolute atomic E-state index is 10.1. The molecule has 0 aromatic heterocycles. The van der Waals surface area contributed by atoms with Crippen molar-refractivity contribution < 1.29 is 9.90 Å². The van der Waals surface area contributed by atoms with E-state index >= 15 is 0 Å². The second-order valence-electron chi connectivity index (χ2n) is 3.77. The van der Waals surface area contributed by atoms with Crippen molar-refractivity contribution in [3.8, 4) is 0 Å². The molecule has 0 bridgehead atoms. The Morgan fingerprint density at radius 1 is 1.00 bits per heavy atom. The molecule has 0 unspecified atom stereocenters. The summed E-state index contributed by atoms with van der Waals surface area (Å²) in [6.07, 6.45) is 5.26. The maximum atomic E-state index is 10.1. The lowest BCUT2D eigenvalue weighted by molar-refractivity contribution is -0.305. The summed E-state index contributed by atoms with van der Waals surface area (Å²) in [6, 6.07) is 10.4. The van der Waals surface area contributed by atoms with Crippen molar-refractivity contribution in [3.63, 3.8) is 0 Å².